The van der Waals surface area contributed by atoms with Gasteiger partial charge in [-0.3, -0.25) is 0 Å². The monoisotopic (exact) mass is 234 g/mol. The lowest BCUT2D eigenvalue weighted by Gasteiger charge is -2.21. The Bertz CT molecular complexity index is 368. The van der Waals surface area contributed by atoms with Crippen LogP contribution in [0.2, 0.25) is 0 Å². The Kier molecular flexibility index (Phi) is 3.82. The fraction of sp³-hybridized carbons (Fsp3) is 0.692. The van der Waals surface area contributed by atoms with Gasteiger partial charge in [-0.25, -0.2) is 4.98 Å². The molecule has 1 saturated heterocycles. The lowest BCUT2D eigenvalue weighted by Crippen LogP contribution is -2.26. The predicted octanol–water partition coefficient (Wildman–Crippen LogP) is 2.56. The van der Waals surface area contributed by atoms with E-state index >= 15 is 0 Å². The minimum atomic E-state index is 0.394. The van der Waals surface area contributed by atoms with E-state index in [0.29, 0.717) is 11.7 Å². The summed E-state index contributed by atoms with van der Waals surface area (Å²) < 4.78 is 0. The van der Waals surface area contributed by atoms with Gasteiger partial charge in [-0.05, 0) is 18.8 Å². The maximum Gasteiger partial charge on any atom is 0.227 e. The molecule has 1 aliphatic rings. The molecule has 2 rings (SSSR count). The van der Waals surface area contributed by atoms with Gasteiger partial charge in [-0.2, -0.15) is 4.98 Å². The summed E-state index contributed by atoms with van der Waals surface area (Å²) in [4.78, 5) is 11.3. The van der Waals surface area contributed by atoms with Crippen LogP contribution in [0, 0.1) is 0 Å². The summed E-state index contributed by atoms with van der Waals surface area (Å²) in [7, 11) is 0. The number of hydrogen-bond acceptors (Lipinski definition) is 4. The molecule has 1 aliphatic heterocycles. The summed E-state index contributed by atoms with van der Waals surface area (Å²) in [5.74, 6) is 1.80. The van der Waals surface area contributed by atoms with Gasteiger partial charge in [0, 0.05) is 19.2 Å². The summed E-state index contributed by atoms with van der Waals surface area (Å²) in [6.45, 7) is 6.38. The van der Waals surface area contributed by atoms with Crippen molar-refractivity contribution in [1.82, 2.24) is 9.97 Å². The molecule has 0 unspecified atom stereocenters. The highest BCUT2D eigenvalue weighted by atomic mass is 15.3. The van der Waals surface area contributed by atoms with E-state index in [1.54, 1.807) is 0 Å². The Labute approximate surface area is 103 Å². The van der Waals surface area contributed by atoms with Crippen LogP contribution < -0.4 is 10.6 Å². The summed E-state index contributed by atoms with van der Waals surface area (Å²) >= 11 is 0. The van der Waals surface area contributed by atoms with Crippen molar-refractivity contribution in [3.8, 4) is 0 Å². The van der Waals surface area contributed by atoms with Crippen LogP contribution in [0.4, 0.5) is 11.8 Å². The van der Waals surface area contributed by atoms with E-state index in [-0.39, 0.29) is 0 Å². The van der Waals surface area contributed by atoms with Crippen molar-refractivity contribution in [3.63, 3.8) is 0 Å². The van der Waals surface area contributed by atoms with Crippen molar-refractivity contribution < 1.29 is 0 Å². The third-order valence-electron chi connectivity index (χ3n) is 3.23. The number of nitrogens with two attached hydrogens (primary N) is 1. The quantitative estimate of drug-likeness (QED) is 0.854. The van der Waals surface area contributed by atoms with Gasteiger partial charge in [0.2, 0.25) is 5.95 Å². The summed E-state index contributed by atoms with van der Waals surface area (Å²) in [5, 5.41) is 0. The van der Waals surface area contributed by atoms with Crippen LogP contribution in [-0.4, -0.2) is 23.1 Å². The highest BCUT2D eigenvalue weighted by Crippen LogP contribution is 2.20. The minimum Gasteiger partial charge on any atom is -0.384 e. The lowest BCUT2D eigenvalue weighted by molar-refractivity contribution is 0.726. The highest BCUT2D eigenvalue weighted by molar-refractivity contribution is 5.41. The van der Waals surface area contributed by atoms with Gasteiger partial charge in [-0.15, -0.1) is 0 Å². The van der Waals surface area contributed by atoms with Crippen LogP contribution >= 0.6 is 0 Å². The molecule has 1 fully saturated rings. The number of rotatable bonds is 2. The fourth-order valence-corrected chi connectivity index (χ4v) is 2.18. The van der Waals surface area contributed by atoms with Crippen molar-refractivity contribution in [2.45, 2.75) is 45.4 Å². The van der Waals surface area contributed by atoms with E-state index in [9.17, 15) is 0 Å². The van der Waals surface area contributed by atoms with Crippen LogP contribution in [0.5, 0.6) is 0 Å². The summed E-state index contributed by atoms with van der Waals surface area (Å²) in [6.07, 6.45) is 5.09. The standard InChI is InChI=1S/C13H22N4/c1-10(2)11-9-12(14)16-13(15-11)17-7-5-3-4-6-8-17/h9-10H,3-8H2,1-2H3,(H2,14,15,16). The Morgan fingerprint density at radius 2 is 1.76 bits per heavy atom. The molecule has 0 aromatic carbocycles. The van der Waals surface area contributed by atoms with Gasteiger partial charge in [0.05, 0.1) is 5.69 Å². The molecule has 4 heteroatoms. The first kappa shape index (κ1) is 12.1. The van der Waals surface area contributed by atoms with Crippen LogP contribution in [0.25, 0.3) is 0 Å². The van der Waals surface area contributed by atoms with Crippen molar-refractivity contribution >= 4 is 11.8 Å². The average Bonchev–Trinajstić information content (AvgIpc) is 2.56. The first-order chi connectivity index (χ1) is 8.16. The van der Waals surface area contributed by atoms with Gasteiger partial charge in [0.25, 0.3) is 0 Å². The third-order valence-corrected chi connectivity index (χ3v) is 3.23. The van der Waals surface area contributed by atoms with Crippen molar-refractivity contribution in [2.24, 2.45) is 0 Å². The molecule has 0 bridgehead atoms. The number of aromatic nitrogens is 2. The summed E-state index contributed by atoms with van der Waals surface area (Å²) in [5.41, 5.74) is 6.90. The first-order valence-electron chi connectivity index (χ1n) is 6.56. The second-order valence-electron chi connectivity index (χ2n) is 5.07. The fourth-order valence-electron chi connectivity index (χ4n) is 2.18. The molecular weight excluding hydrogens is 212 g/mol. The van der Waals surface area contributed by atoms with Crippen molar-refractivity contribution in [1.29, 1.82) is 0 Å². The molecular formula is C13H22N4. The van der Waals surface area contributed by atoms with Crippen LogP contribution in [0.3, 0.4) is 0 Å². The molecule has 94 valence electrons. The molecule has 0 amide bonds. The molecule has 2 heterocycles. The molecule has 0 atom stereocenters. The molecule has 2 N–H and O–H groups in total. The number of anilines is 2. The Morgan fingerprint density at radius 1 is 1.12 bits per heavy atom. The Morgan fingerprint density at radius 3 is 2.35 bits per heavy atom. The number of hydrogen-bond donors (Lipinski definition) is 1. The minimum absolute atomic E-state index is 0.394. The molecule has 0 spiro atoms. The van der Waals surface area contributed by atoms with Crippen LogP contribution in [0.15, 0.2) is 6.07 Å². The largest absolute Gasteiger partial charge is 0.384 e. The summed E-state index contributed by atoms with van der Waals surface area (Å²) in [6, 6.07) is 1.88. The van der Waals surface area contributed by atoms with Gasteiger partial charge in [0.1, 0.15) is 5.82 Å². The Hall–Kier alpha value is -1.32. The third kappa shape index (κ3) is 3.08. The predicted molar refractivity (Wildman–Crippen MR) is 71.2 cm³/mol. The average molecular weight is 234 g/mol. The maximum absolute atomic E-state index is 5.87. The smallest absolute Gasteiger partial charge is 0.227 e. The van der Waals surface area contributed by atoms with E-state index in [0.717, 1.165) is 24.7 Å². The molecule has 0 saturated carbocycles. The number of nitrogen functional groups attached to an aromatic ring is 1. The molecule has 1 aromatic rings. The second-order valence-corrected chi connectivity index (χ2v) is 5.07. The van der Waals surface area contributed by atoms with Crippen molar-refractivity contribution in [2.75, 3.05) is 23.7 Å². The topological polar surface area (TPSA) is 55.0 Å². The first-order valence-corrected chi connectivity index (χ1v) is 6.56. The normalized spacial score (nSPS) is 17.2. The van der Waals surface area contributed by atoms with Gasteiger partial charge in [-0.1, -0.05) is 26.7 Å². The van der Waals surface area contributed by atoms with E-state index in [1.165, 1.54) is 25.7 Å². The highest BCUT2D eigenvalue weighted by Gasteiger charge is 2.14. The van der Waals surface area contributed by atoms with E-state index in [1.807, 2.05) is 6.07 Å². The molecule has 1 aromatic heterocycles. The molecule has 17 heavy (non-hydrogen) atoms. The van der Waals surface area contributed by atoms with Crippen LogP contribution in [0.1, 0.15) is 51.1 Å². The zero-order valence-corrected chi connectivity index (χ0v) is 10.8. The van der Waals surface area contributed by atoms with E-state index in [2.05, 4.69) is 28.7 Å². The van der Waals surface area contributed by atoms with Crippen molar-refractivity contribution in [3.05, 3.63) is 11.8 Å². The Balaban J connectivity index is 2.23. The maximum atomic E-state index is 5.87. The molecule has 4 nitrogen and oxygen atoms in total. The van der Waals surface area contributed by atoms with Gasteiger partial charge in [0.15, 0.2) is 0 Å². The lowest BCUT2D eigenvalue weighted by atomic mass is 10.1. The molecule has 0 radical (unpaired) electrons. The van der Waals surface area contributed by atoms with Gasteiger partial charge < -0.3 is 10.6 Å². The second kappa shape index (κ2) is 5.34. The molecule has 0 aliphatic carbocycles. The van der Waals surface area contributed by atoms with E-state index < -0.39 is 0 Å². The van der Waals surface area contributed by atoms with Gasteiger partial charge >= 0.3 is 0 Å². The van der Waals surface area contributed by atoms with Crippen LogP contribution in [-0.2, 0) is 0 Å². The number of nitrogens with zero attached hydrogens (tertiary/aromatic N) is 3. The zero-order valence-electron chi connectivity index (χ0n) is 10.8. The van der Waals surface area contributed by atoms with E-state index in [4.69, 9.17) is 5.73 Å². The zero-order chi connectivity index (χ0) is 12.3. The SMILES string of the molecule is CC(C)c1cc(N)nc(N2CCCCCC2)n1.